The highest BCUT2D eigenvalue weighted by Gasteiger charge is 2.06. The highest BCUT2D eigenvalue weighted by Crippen LogP contribution is 1.96. The Bertz CT molecular complexity index is 320. The van der Waals surface area contributed by atoms with Gasteiger partial charge in [0.2, 0.25) is 0 Å². The SMILES string of the molecule is CCO[SiH](C#Cc1ccccc1)OCC. The van der Waals surface area contributed by atoms with Crippen molar-refractivity contribution in [3.63, 3.8) is 0 Å². The van der Waals surface area contributed by atoms with Crippen LogP contribution in [0.4, 0.5) is 0 Å². The summed E-state index contributed by atoms with van der Waals surface area (Å²) in [6.45, 7) is 5.26. The molecule has 0 unspecified atom stereocenters. The zero-order chi connectivity index (χ0) is 10.9. The largest absolute Gasteiger partial charge is 0.407 e. The summed E-state index contributed by atoms with van der Waals surface area (Å²) < 4.78 is 10.9. The maximum atomic E-state index is 5.45. The van der Waals surface area contributed by atoms with Gasteiger partial charge in [-0.25, -0.2) is 0 Å². The summed E-state index contributed by atoms with van der Waals surface area (Å²) in [5.41, 5.74) is 4.09. The molecule has 0 amide bonds. The number of benzene rings is 1. The first kappa shape index (κ1) is 12.0. The molecule has 1 aromatic carbocycles. The number of hydrogen-bond donors (Lipinski definition) is 0. The third kappa shape index (κ3) is 4.80. The van der Waals surface area contributed by atoms with Crippen LogP contribution in [0.1, 0.15) is 19.4 Å². The maximum Gasteiger partial charge on any atom is 0.407 e. The van der Waals surface area contributed by atoms with Crippen LogP contribution < -0.4 is 0 Å². The van der Waals surface area contributed by atoms with Gasteiger partial charge in [-0.3, -0.25) is 0 Å². The molecule has 15 heavy (non-hydrogen) atoms. The fourth-order valence-electron chi connectivity index (χ4n) is 1.10. The summed E-state index contributed by atoms with van der Waals surface area (Å²) in [5.74, 6) is 3.08. The van der Waals surface area contributed by atoms with Gasteiger partial charge < -0.3 is 8.85 Å². The molecule has 0 aliphatic carbocycles. The quantitative estimate of drug-likeness (QED) is 0.570. The van der Waals surface area contributed by atoms with Crippen molar-refractivity contribution in [3.05, 3.63) is 35.9 Å². The average molecular weight is 220 g/mol. The molecule has 80 valence electrons. The van der Waals surface area contributed by atoms with E-state index in [2.05, 4.69) is 11.5 Å². The van der Waals surface area contributed by atoms with Crippen molar-refractivity contribution >= 4 is 9.28 Å². The van der Waals surface area contributed by atoms with Crippen LogP contribution in [-0.2, 0) is 8.85 Å². The molecule has 0 saturated heterocycles. The normalized spacial score (nSPS) is 9.80. The van der Waals surface area contributed by atoms with Crippen LogP contribution in [0.3, 0.4) is 0 Å². The molecule has 0 N–H and O–H groups in total. The lowest BCUT2D eigenvalue weighted by Crippen LogP contribution is -2.21. The maximum absolute atomic E-state index is 5.45. The van der Waals surface area contributed by atoms with E-state index in [-0.39, 0.29) is 0 Å². The van der Waals surface area contributed by atoms with Crippen molar-refractivity contribution in [2.45, 2.75) is 13.8 Å². The van der Waals surface area contributed by atoms with E-state index >= 15 is 0 Å². The number of rotatable bonds is 4. The van der Waals surface area contributed by atoms with E-state index in [1.54, 1.807) is 0 Å². The van der Waals surface area contributed by atoms with E-state index in [4.69, 9.17) is 8.85 Å². The Morgan fingerprint density at radius 2 is 1.67 bits per heavy atom. The minimum atomic E-state index is -1.76. The average Bonchev–Trinajstić information content (AvgIpc) is 2.28. The van der Waals surface area contributed by atoms with Crippen LogP contribution >= 0.6 is 0 Å². The topological polar surface area (TPSA) is 18.5 Å². The summed E-state index contributed by atoms with van der Waals surface area (Å²) in [6.07, 6.45) is 0. The molecule has 0 aromatic heterocycles. The molecule has 3 heteroatoms. The van der Waals surface area contributed by atoms with Gasteiger partial charge in [0.15, 0.2) is 0 Å². The van der Waals surface area contributed by atoms with Crippen LogP contribution in [-0.4, -0.2) is 22.5 Å². The van der Waals surface area contributed by atoms with Crippen LogP contribution in [0.25, 0.3) is 0 Å². The molecule has 0 radical (unpaired) electrons. The van der Waals surface area contributed by atoms with Crippen molar-refractivity contribution in [1.82, 2.24) is 0 Å². The molecule has 0 aliphatic rings. The Morgan fingerprint density at radius 1 is 1.07 bits per heavy atom. The Hall–Kier alpha value is -1.08. The highest BCUT2D eigenvalue weighted by molar-refractivity contribution is 6.54. The predicted molar refractivity (Wildman–Crippen MR) is 63.7 cm³/mol. The summed E-state index contributed by atoms with van der Waals surface area (Å²) in [6, 6.07) is 9.89. The van der Waals surface area contributed by atoms with E-state index in [1.807, 2.05) is 44.2 Å². The van der Waals surface area contributed by atoms with Gasteiger partial charge in [-0.1, -0.05) is 29.7 Å². The highest BCUT2D eigenvalue weighted by atomic mass is 28.3. The second-order valence-corrected chi connectivity index (χ2v) is 4.50. The third-order valence-electron chi connectivity index (χ3n) is 1.74. The third-order valence-corrected chi connectivity index (χ3v) is 3.40. The van der Waals surface area contributed by atoms with E-state index < -0.39 is 9.28 Å². The molecule has 0 aliphatic heterocycles. The zero-order valence-corrected chi connectivity index (χ0v) is 10.3. The van der Waals surface area contributed by atoms with Crippen LogP contribution in [0.2, 0.25) is 0 Å². The Labute approximate surface area is 93.1 Å². The number of hydrogen-bond acceptors (Lipinski definition) is 2. The van der Waals surface area contributed by atoms with Crippen LogP contribution in [0.15, 0.2) is 30.3 Å². The first-order chi connectivity index (χ1) is 7.36. The smallest absolute Gasteiger partial charge is 0.388 e. The Kier molecular flexibility index (Phi) is 5.79. The monoisotopic (exact) mass is 220 g/mol. The lowest BCUT2D eigenvalue weighted by molar-refractivity contribution is 0.226. The van der Waals surface area contributed by atoms with Gasteiger partial charge in [-0.15, -0.1) is 0 Å². The van der Waals surface area contributed by atoms with E-state index in [9.17, 15) is 0 Å². The Balaban J connectivity index is 2.60. The molecule has 0 heterocycles. The molecule has 0 atom stereocenters. The van der Waals surface area contributed by atoms with Gasteiger partial charge >= 0.3 is 9.28 Å². The molecule has 1 rings (SSSR count). The fraction of sp³-hybridized carbons (Fsp3) is 0.333. The van der Waals surface area contributed by atoms with E-state index in [0.29, 0.717) is 13.2 Å². The van der Waals surface area contributed by atoms with Crippen molar-refractivity contribution < 1.29 is 8.85 Å². The first-order valence-corrected chi connectivity index (χ1v) is 6.68. The molecular weight excluding hydrogens is 204 g/mol. The predicted octanol–water partition coefficient (Wildman–Crippen LogP) is 1.87. The second kappa shape index (κ2) is 7.24. The first-order valence-electron chi connectivity index (χ1n) is 5.16. The minimum Gasteiger partial charge on any atom is -0.388 e. The molecule has 0 spiro atoms. The lowest BCUT2D eigenvalue weighted by atomic mass is 10.2. The standard InChI is InChI=1S/C12H16O2Si/c1-3-13-15(14-4-2)11-10-12-8-6-5-7-9-12/h5-9,15H,3-4H2,1-2H3. The summed E-state index contributed by atoms with van der Waals surface area (Å²) in [5, 5.41) is 0. The van der Waals surface area contributed by atoms with Crippen molar-refractivity contribution in [2.24, 2.45) is 0 Å². The van der Waals surface area contributed by atoms with Gasteiger partial charge in [0, 0.05) is 18.8 Å². The summed E-state index contributed by atoms with van der Waals surface area (Å²) in [4.78, 5) is 0. The molecule has 0 fully saturated rings. The Morgan fingerprint density at radius 3 is 2.20 bits per heavy atom. The van der Waals surface area contributed by atoms with Crippen molar-refractivity contribution in [1.29, 1.82) is 0 Å². The summed E-state index contributed by atoms with van der Waals surface area (Å²) >= 11 is 0. The molecule has 0 bridgehead atoms. The molecule has 2 nitrogen and oxygen atoms in total. The van der Waals surface area contributed by atoms with Gasteiger partial charge in [0.25, 0.3) is 0 Å². The fourth-order valence-corrected chi connectivity index (χ4v) is 2.25. The van der Waals surface area contributed by atoms with Gasteiger partial charge in [-0.2, -0.15) is 0 Å². The van der Waals surface area contributed by atoms with E-state index in [1.165, 1.54) is 0 Å². The van der Waals surface area contributed by atoms with Crippen molar-refractivity contribution in [3.8, 4) is 11.5 Å². The minimum absolute atomic E-state index is 0.667. The van der Waals surface area contributed by atoms with Gasteiger partial charge in [0.1, 0.15) is 0 Å². The van der Waals surface area contributed by atoms with Crippen LogP contribution in [0, 0.1) is 11.5 Å². The summed E-state index contributed by atoms with van der Waals surface area (Å²) in [7, 11) is -1.76. The lowest BCUT2D eigenvalue weighted by Gasteiger charge is -2.07. The van der Waals surface area contributed by atoms with E-state index in [0.717, 1.165) is 5.56 Å². The second-order valence-electron chi connectivity index (χ2n) is 2.88. The zero-order valence-electron chi connectivity index (χ0n) is 9.19. The molecular formula is C12H16O2Si. The molecule has 0 saturated carbocycles. The molecule has 1 aromatic rings. The van der Waals surface area contributed by atoms with Gasteiger partial charge in [0.05, 0.1) is 0 Å². The van der Waals surface area contributed by atoms with Crippen LogP contribution in [0.5, 0.6) is 0 Å². The van der Waals surface area contributed by atoms with Gasteiger partial charge in [-0.05, 0) is 26.0 Å². The van der Waals surface area contributed by atoms with Crippen molar-refractivity contribution in [2.75, 3.05) is 13.2 Å².